The molecule has 1 aliphatic rings. The summed E-state index contributed by atoms with van der Waals surface area (Å²) in [7, 11) is 1.46. The molecule has 32 heavy (non-hydrogen) atoms. The highest BCUT2D eigenvalue weighted by Crippen LogP contribution is 2.35. The third-order valence-electron chi connectivity index (χ3n) is 4.39. The van der Waals surface area contributed by atoms with Gasteiger partial charge in [0.05, 0.1) is 23.6 Å². The van der Waals surface area contributed by atoms with Crippen molar-refractivity contribution < 1.29 is 33.0 Å². The Hall–Kier alpha value is -3.04. The Labute approximate surface area is 193 Å². The first-order chi connectivity index (χ1) is 15.3. The number of ether oxygens (including phenoxy) is 3. The number of benzene rings is 2. The molecule has 0 aromatic heterocycles. The van der Waals surface area contributed by atoms with Crippen molar-refractivity contribution in [2.75, 3.05) is 20.3 Å². The third kappa shape index (κ3) is 5.41. The summed E-state index contributed by atoms with van der Waals surface area (Å²) in [6, 6.07) is 9.21. The van der Waals surface area contributed by atoms with Gasteiger partial charge < -0.3 is 14.2 Å². The number of esters is 1. The van der Waals surface area contributed by atoms with Crippen molar-refractivity contribution in [3.8, 4) is 11.5 Å². The van der Waals surface area contributed by atoms with E-state index in [1.807, 2.05) is 0 Å². The van der Waals surface area contributed by atoms with E-state index in [0.29, 0.717) is 17.1 Å². The molecule has 0 atom stereocenters. The number of methoxy groups -OCH3 is 1. The Morgan fingerprint density at radius 2 is 2.00 bits per heavy atom. The van der Waals surface area contributed by atoms with Crippen molar-refractivity contribution in [2.45, 2.75) is 13.5 Å². The van der Waals surface area contributed by atoms with Crippen molar-refractivity contribution in [1.29, 1.82) is 0 Å². The molecule has 1 fully saturated rings. The highest BCUT2D eigenvalue weighted by Gasteiger charge is 2.36. The van der Waals surface area contributed by atoms with Crippen LogP contribution in [0.25, 0.3) is 6.08 Å². The van der Waals surface area contributed by atoms with Crippen LogP contribution in [-0.2, 0) is 20.9 Å². The number of nitrogens with zero attached hydrogens (tertiary/aromatic N) is 1. The SMILES string of the molecule is CCOC(=O)CN1C(=O)S/C(=C\c2ccc(OC)c(OCc3c(F)cccc3Cl)c2)C1=O. The summed E-state index contributed by atoms with van der Waals surface area (Å²) in [6.07, 6.45) is 1.50. The zero-order valence-corrected chi connectivity index (χ0v) is 18.8. The van der Waals surface area contributed by atoms with Crippen molar-refractivity contribution in [3.05, 3.63) is 63.3 Å². The molecule has 0 aliphatic carbocycles. The standard InChI is InChI=1S/C22H19ClFNO6S/c1-3-30-20(26)11-25-21(27)19(32-22(25)28)10-13-7-8-17(29-2)18(9-13)31-12-14-15(23)5-4-6-16(14)24/h4-10H,3,11-12H2,1-2H3/b19-10-. The van der Waals surface area contributed by atoms with E-state index in [1.54, 1.807) is 31.2 Å². The fraction of sp³-hybridized carbons (Fsp3) is 0.227. The lowest BCUT2D eigenvalue weighted by Gasteiger charge is -2.13. The number of amides is 2. The Morgan fingerprint density at radius 3 is 2.69 bits per heavy atom. The maximum atomic E-state index is 14.0. The van der Waals surface area contributed by atoms with Gasteiger partial charge in [-0.1, -0.05) is 23.7 Å². The quantitative estimate of drug-likeness (QED) is 0.402. The molecule has 0 unspecified atom stereocenters. The van der Waals surface area contributed by atoms with Gasteiger partial charge in [0.25, 0.3) is 11.1 Å². The molecule has 2 amide bonds. The molecule has 0 radical (unpaired) electrons. The summed E-state index contributed by atoms with van der Waals surface area (Å²) in [5.41, 5.74) is 0.740. The van der Waals surface area contributed by atoms with Crippen LogP contribution < -0.4 is 9.47 Å². The average Bonchev–Trinajstić information content (AvgIpc) is 3.01. The van der Waals surface area contributed by atoms with Gasteiger partial charge in [0.15, 0.2) is 11.5 Å². The predicted molar refractivity (Wildman–Crippen MR) is 118 cm³/mol. The lowest BCUT2D eigenvalue weighted by molar-refractivity contribution is -0.145. The molecule has 0 spiro atoms. The zero-order valence-electron chi connectivity index (χ0n) is 17.2. The molecular formula is C22H19ClFNO6S. The van der Waals surface area contributed by atoms with Crippen molar-refractivity contribution in [1.82, 2.24) is 4.90 Å². The molecule has 0 saturated carbocycles. The van der Waals surface area contributed by atoms with Gasteiger partial charge >= 0.3 is 5.97 Å². The van der Waals surface area contributed by atoms with E-state index in [4.69, 9.17) is 25.8 Å². The normalized spacial score (nSPS) is 14.8. The molecule has 10 heteroatoms. The summed E-state index contributed by atoms with van der Waals surface area (Å²) in [6.45, 7) is 1.20. The summed E-state index contributed by atoms with van der Waals surface area (Å²) >= 11 is 6.76. The molecule has 168 valence electrons. The van der Waals surface area contributed by atoms with Gasteiger partial charge in [-0.05, 0) is 54.6 Å². The van der Waals surface area contributed by atoms with Crippen molar-refractivity contribution in [2.24, 2.45) is 0 Å². The molecular weight excluding hydrogens is 461 g/mol. The topological polar surface area (TPSA) is 82.1 Å². The lowest BCUT2D eigenvalue weighted by Crippen LogP contribution is -2.34. The summed E-state index contributed by atoms with van der Waals surface area (Å²) in [5.74, 6) is -1.06. The van der Waals surface area contributed by atoms with Crippen LogP contribution in [0, 0.1) is 5.82 Å². The zero-order chi connectivity index (χ0) is 23.3. The van der Waals surface area contributed by atoms with Crippen LogP contribution >= 0.6 is 23.4 Å². The van der Waals surface area contributed by atoms with E-state index in [1.165, 1.54) is 25.3 Å². The molecule has 1 saturated heterocycles. The van der Waals surface area contributed by atoms with Crippen LogP contribution in [0.5, 0.6) is 11.5 Å². The summed E-state index contributed by atoms with van der Waals surface area (Å²) in [5, 5.41) is -0.330. The minimum Gasteiger partial charge on any atom is -0.493 e. The van der Waals surface area contributed by atoms with Crippen LogP contribution in [0.1, 0.15) is 18.1 Å². The van der Waals surface area contributed by atoms with Gasteiger partial charge in [0, 0.05) is 5.56 Å². The Morgan fingerprint density at radius 1 is 1.22 bits per heavy atom. The summed E-state index contributed by atoms with van der Waals surface area (Å²) < 4.78 is 29.8. The Balaban J connectivity index is 1.80. The molecule has 7 nitrogen and oxygen atoms in total. The second-order valence-electron chi connectivity index (χ2n) is 6.47. The minimum atomic E-state index is -0.664. The molecule has 2 aromatic rings. The minimum absolute atomic E-state index is 0.138. The van der Waals surface area contributed by atoms with Gasteiger partial charge in [-0.3, -0.25) is 19.3 Å². The van der Waals surface area contributed by atoms with E-state index in [0.717, 1.165) is 16.7 Å². The average molecular weight is 480 g/mol. The second kappa shape index (κ2) is 10.5. The number of hydrogen-bond acceptors (Lipinski definition) is 7. The lowest BCUT2D eigenvalue weighted by atomic mass is 10.1. The van der Waals surface area contributed by atoms with Crippen LogP contribution in [0.15, 0.2) is 41.3 Å². The van der Waals surface area contributed by atoms with Crippen LogP contribution in [0.2, 0.25) is 5.02 Å². The molecule has 0 N–H and O–H groups in total. The van der Waals surface area contributed by atoms with E-state index in [2.05, 4.69) is 0 Å². The highest BCUT2D eigenvalue weighted by molar-refractivity contribution is 8.18. The molecule has 3 rings (SSSR count). The first-order valence-electron chi connectivity index (χ1n) is 9.48. The van der Waals surface area contributed by atoms with Gasteiger partial charge in [-0.2, -0.15) is 0 Å². The van der Waals surface area contributed by atoms with Crippen molar-refractivity contribution >= 4 is 46.6 Å². The fourth-order valence-electron chi connectivity index (χ4n) is 2.84. The second-order valence-corrected chi connectivity index (χ2v) is 7.87. The first kappa shape index (κ1) is 23.6. The van der Waals surface area contributed by atoms with E-state index < -0.39 is 29.5 Å². The molecule has 2 aromatic carbocycles. The van der Waals surface area contributed by atoms with E-state index in [-0.39, 0.29) is 28.7 Å². The maximum Gasteiger partial charge on any atom is 0.326 e. The van der Waals surface area contributed by atoms with Crippen LogP contribution in [0.4, 0.5) is 9.18 Å². The van der Waals surface area contributed by atoms with E-state index >= 15 is 0 Å². The summed E-state index contributed by atoms with van der Waals surface area (Å²) in [4.78, 5) is 37.3. The number of carbonyl (C=O) groups is 3. The molecule has 1 aliphatic heterocycles. The molecule has 1 heterocycles. The fourth-order valence-corrected chi connectivity index (χ4v) is 3.90. The number of thioether (sulfide) groups is 1. The number of rotatable bonds is 8. The maximum absolute atomic E-state index is 14.0. The number of hydrogen-bond donors (Lipinski definition) is 0. The smallest absolute Gasteiger partial charge is 0.326 e. The predicted octanol–water partition coefficient (Wildman–Crippen LogP) is 4.67. The Bertz CT molecular complexity index is 1070. The van der Waals surface area contributed by atoms with Crippen LogP contribution in [0.3, 0.4) is 0 Å². The van der Waals surface area contributed by atoms with Gasteiger partial charge in [-0.25, -0.2) is 4.39 Å². The van der Waals surface area contributed by atoms with Gasteiger partial charge in [0.1, 0.15) is 19.0 Å². The van der Waals surface area contributed by atoms with Gasteiger partial charge in [0.2, 0.25) is 0 Å². The third-order valence-corrected chi connectivity index (χ3v) is 5.65. The first-order valence-corrected chi connectivity index (χ1v) is 10.7. The molecule has 0 bridgehead atoms. The number of imide groups is 1. The Kier molecular flexibility index (Phi) is 7.76. The largest absolute Gasteiger partial charge is 0.493 e. The van der Waals surface area contributed by atoms with Crippen LogP contribution in [-0.4, -0.2) is 42.3 Å². The highest BCUT2D eigenvalue weighted by atomic mass is 35.5. The van der Waals surface area contributed by atoms with E-state index in [9.17, 15) is 18.8 Å². The monoisotopic (exact) mass is 479 g/mol. The number of carbonyl (C=O) groups excluding carboxylic acids is 3. The number of halogens is 2. The van der Waals surface area contributed by atoms with Crippen molar-refractivity contribution in [3.63, 3.8) is 0 Å². The van der Waals surface area contributed by atoms with Gasteiger partial charge in [-0.15, -0.1) is 0 Å².